The minimum absolute atomic E-state index is 0.443. The van der Waals surface area contributed by atoms with Crippen molar-refractivity contribution in [2.45, 2.75) is 6.42 Å². The van der Waals surface area contributed by atoms with Crippen LogP contribution in [-0.4, -0.2) is 31.7 Å². The lowest BCUT2D eigenvalue weighted by molar-refractivity contribution is 0.295. The van der Waals surface area contributed by atoms with Gasteiger partial charge in [0.1, 0.15) is 5.75 Å². The Morgan fingerprint density at radius 2 is 1.71 bits per heavy atom. The molecule has 8 heteroatoms. The zero-order valence-corrected chi connectivity index (χ0v) is 17.7. The molecule has 0 unspecified atom stereocenters. The Morgan fingerprint density at radius 1 is 0.929 bits per heavy atom. The summed E-state index contributed by atoms with van der Waals surface area (Å²) in [5, 5.41) is 5.09. The van der Waals surface area contributed by atoms with E-state index in [1.807, 2.05) is 18.2 Å². The molecule has 28 heavy (non-hydrogen) atoms. The number of hydrogen-bond acceptors (Lipinski definition) is 5. The van der Waals surface area contributed by atoms with Crippen LogP contribution in [-0.2, 0) is 0 Å². The molecule has 0 saturated carbocycles. The molecule has 0 atom stereocenters. The molecule has 148 valence electrons. The van der Waals surface area contributed by atoms with Gasteiger partial charge in [0.15, 0.2) is 11.5 Å². The van der Waals surface area contributed by atoms with Gasteiger partial charge >= 0.3 is 0 Å². The number of rotatable bonds is 8. The quantitative estimate of drug-likeness (QED) is 0.328. The molecule has 2 aromatic carbocycles. The maximum atomic E-state index is 6.34. The monoisotopic (exact) mass is 440 g/mol. The van der Waals surface area contributed by atoms with E-state index < -0.39 is 0 Å². The van der Waals surface area contributed by atoms with Crippen LogP contribution < -0.4 is 19.5 Å². The summed E-state index contributed by atoms with van der Waals surface area (Å²) < 4.78 is 16.5. The third kappa shape index (κ3) is 4.49. The van der Waals surface area contributed by atoms with E-state index >= 15 is 0 Å². The van der Waals surface area contributed by atoms with Crippen molar-refractivity contribution < 1.29 is 14.2 Å². The number of halogens is 3. The minimum Gasteiger partial charge on any atom is -0.495 e. The molecule has 0 amide bonds. The molecule has 0 aliphatic carbocycles. The summed E-state index contributed by atoms with van der Waals surface area (Å²) in [6.45, 7) is 0.503. The number of ether oxygens (including phenoxy) is 3. The summed E-state index contributed by atoms with van der Waals surface area (Å²) >= 11 is 18.2. The van der Waals surface area contributed by atoms with E-state index in [-0.39, 0.29) is 0 Å². The second-order valence-corrected chi connectivity index (χ2v) is 7.05. The predicted octanol–water partition coefficient (Wildman–Crippen LogP) is 6.31. The first-order valence-corrected chi connectivity index (χ1v) is 9.82. The molecule has 3 aromatic rings. The van der Waals surface area contributed by atoms with Crippen molar-refractivity contribution in [3.8, 4) is 17.2 Å². The van der Waals surface area contributed by atoms with Gasteiger partial charge in [-0.1, -0.05) is 23.2 Å². The van der Waals surface area contributed by atoms with Crippen LogP contribution in [0.15, 0.2) is 36.5 Å². The Balaban J connectivity index is 2.00. The number of pyridine rings is 1. The van der Waals surface area contributed by atoms with Crippen molar-refractivity contribution in [2.24, 2.45) is 0 Å². The fraction of sp³-hybridized carbons (Fsp3) is 0.250. The Kier molecular flexibility index (Phi) is 6.94. The molecular formula is C20H19Cl3N2O3. The average Bonchev–Trinajstić information content (AvgIpc) is 2.69. The maximum Gasteiger partial charge on any atom is 0.163 e. The van der Waals surface area contributed by atoms with Crippen LogP contribution in [0.4, 0.5) is 11.4 Å². The number of nitrogens with zero attached hydrogens (tertiary/aromatic N) is 1. The number of nitrogens with one attached hydrogen (secondary N) is 1. The number of benzene rings is 2. The Morgan fingerprint density at radius 3 is 2.43 bits per heavy atom. The predicted molar refractivity (Wildman–Crippen MR) is 115 cm³/mol. The van der Waals surface area contributed by atoms with Crippen LogP contribution in [0.2, 0.25) is 10.0 Å². The van der Waals surface area contributed by atoms with Gasteiger partial charge in [-0.2, -0.15) is 0 Å². The zero-order chi connectivity index (χ0) is 20.1. The van der Waals surface area contributed by atoms with E-state index in [9.17, 15) is 0 Å². The van der Waals surface area contributed by atoms with Crippen LogP contribution in [0.25, 0.3) is 10.9 Å². The van der Waals surface area contributed by atoms with E-state index in [0.717, 1.165) is 23.0 Å². The molecule has 0 spiro atoms. The van der Waals surface area contributed by atoms with E-state index in [2.05, 4.69) is 10.3 Å². The summed E-state index contributed by atoms with van der Waals surface area (Å²) in [5.41, 5.74) is 2.22. The van der Waals surface area contributed by atoms with Crippen molar-refractivity contribution in [1.82, 2.24) is 4.98 Å². The molecule has 0 bridgehead atoms. The van der Waals surface area contributed by atoms with Crippen LogP contribution in [0.5, 0.6) is 17.2 Å². The highest BCUT2D eigenvalue weighted by atomic mass is 35.5. The topological polar surface area (TPSA) is 52.6 Å². The second-order valence-electron chi connectivity index (χ2n) is 5.86. The Hall–Kier alpha value is -2.08. The fourth-order valence-corrected chi connectivity index (χ4v) is 3.31. The first kappa shape index (κ1) is 20.6. The molecule has 0 fully saturated rings. The molecule has 1 aromatic heterocycles. The molecule has 1 heterocycles. The minimum atomic E-state index is 0.443. The zero-order valence-electron chi connectivity index (χ0n) is 15.4. The highest BCUT2D eigenvalue weighted by molar-refractivity contribution is 6.37. The number of aromatic nitrogens is 1. The van der Waals surface area contributed by atoms with Crippen molar-refractivity contribution in [2.75, 3.05) is 32.0 Å². The second kappa shape index (κ2) is 9.41. The smallest absolute Gasteiger partial charge is 0.163 e. The summed E-state index contributed by atoms with van der Waals surface area (Å²) in [6, 6.07) is 8.96. The van der Waals surface area contributed by atoms with E-state index in [1.165, 1.54) is 0 Å². The summed E-state index contributed by atoms with van der Waals surface area (Å²) in [6.07, 6.45) is 2.45. The third-order valence-corrected chi connectivity index (χ3v) is 4.95. The van der Waals surface area contributed by atoms with Crippen LogP contribution in [0.3, 0.4) is 0 Å². The van der Waals surface area contributed by atoms with Crippen LogP contribution in [0, 0.1) is 0 Å². The standard InChI is InChI=1S/C20H19Cl3N2O3/c1-26-18-11-17(13(22)9-14(18)23)25-15-4-6-24-16-10-20(28-7-3-5-21)19(27-2)8-12(15)16/h4,6,8-11H,3,5,7H2,1-2H3,(H,24,25). The molecule has 0 saturated heterocycles. The first-order valence-electron chi connectivity index (χ1n) is 8.53. The van der Waals surface area contributed by atoms with Gasteiger partial charge in [-0.15, -0.1) is 11.6 Å². The van der Waals surface area contributed by atoms with Crippen molar-refractivity contribution in [3.05, 3.63) is 46.6 Å². The van der Waals surface area contributed by atoms with Gasteiger partial charge in [0, 0.05) is 35.3 Å². The summed E-state index contributed by atoms with van der Waals surface area (Å²) in [5.74, 6) is 2.29. The molecular weight excluding hydrogens is 423 g/mol. The molecule has 0 radical (unpaired) electrons. The fourth-order valence-electron chi connectivity index (χ4n) is 2.70. The molecule has 3 rings (SSSR count). The average molecular weight is 442 g/mol. The highest BCUT2D eigenvalue weighted by Crippen LogP contribution is 2.39. The van der Waals surface area contributed by atoms with Gasteiger partial charge in [0.25, 0.3) is 0 Å². The molecule has 0 aliphatic heterocycles. The summed E-state index contributed by atoms with van der Waals surface area (Å²) in [7, 11) is 3.15. The van der Waals surface area contributed by atoms with Crippen molar-refractivity contribution in [3.63, 3.8) is 0 Å². The van der Waals surface area contributed by atoms with Gasteiger partial charge in [-0.3, -0.25) is 4.98 Å². The largest absolute Gasteiger partial charge is 0.495 e. The van der Waals surface area contributed by atoms with E-state index in [0.29, 0.717) is 45.5 Å². The lowest BCUT2D eigenvalue weighted by atomic mass is 10.1. The van der Waals surface area contributed by atoms with Gasteiger partial charge in [0.05, 0.1) is 42.1 Å². The number of alkyl halides is 1. The van der Waals surface area contributed by atoms with Gasteiger partial charge < -0.3 is 19.5 Å². The van der Waals surface area contributed by atoms with Crippen molar-refractivity contribution >= 4 is 57.1 Å². The van der Waals surface area contributed by atoms with Crippen molar-refractivity contribution in [1.29, 1.82) is 0 Å². The lowest BCUT2D eigenvalue weighted by Gasteiger charge is -2.15. The number of anilines is 2. The number of hydrogen-bond donors (Lipinski definition) is 1. The Labute approximate surface area is 178 Å². The molecule has 0 aliphatic rings. The number of methoxy groups -OCH3 is 2. The number of fused-ring (bicyclic) bond motifs is 1. The molecule has 1 N–H and O–H groups in total. The third-order valence-electron chi connectivity index (χ3n) is 4.07. The first-order chi connectivity index (χ1) is 13.6. The summed E-state index contributed by atoms with van der Waals surface area (Å²) in [4.78, 5) is 4.44. The molecule has 5 nitrogen and oxygen atoms in total. The van der Waals surface area contributed by atoms with Gasteiger partial charge in [-0.25, -0.2) is 0 Å². The highest BCUT2D eigenvalue weighted by Gasteiger charge is 2.13. The SMILES string of the molecule is COc1cc(Nc2ccnc3cc(OCCCCl)c(OC)cc23)c(Cl)cc1Cl. The van der Waals surface area contributed by atoms with Gasteiger partial charge in [0.2, 0.25) is 0 Å². The van der Waals surface area contributed by atoms with Crippen LogP contribution >= 0.6 is 34.8 Å². The maximum absolute atomic E-state index is 6.34. The van der Waals surface area contributed by atoms with Crippen LogP contribution in [0.1, 0.15) is 6.42 Å². The Bertz CT molecular complexity index is 983. The van der Waals surface area contributed by atoms with E-state index in [4.69, 9.17) is 49.0 Å². The normalized spacial score (nSPS) is 10.8. The lowest BCUT2D eigenvalue weighted by Crippen LogP contribution is -2.01. The van der Waals surface area contributed by atoms with Gasteiger partial charge in [-0.05, 0) is 24.6 Å². The van der Waals surface area contributed by atoms with E-state index in [1.54, 1.807) is 32.5 Å².